The smallest absolute Gasteiger partial charge is 0.262 e. The van der Waals surface area contributed by atoms with Crippen LogP contribution in [0.1, 0.15) is 10.4 Å². The molecule has 0 bridgehead atoms. The van der Waals surface area contributed by atoms with Gasteiger partial charge in [0.15, 0.2) is 22.2 Å². The van der Waals surface area contributed by atoms with Crippen LogP contribution in [0.15, 0.2) is 42.5 Å². The lowest BCUT2D eigenvalue weighted by molar-refractivity contribution is -0.118. The van der Waals surface area contributed by atoms with Crippen LogP contribution in [0.2, 0.25) is 5.02 Å². The second-order valence-corrected chi connectivity index (χ2v) is 8.56. The summed E-state index contributed by atoms with van der Waals surface area (Å²) in [6.45, 7) is -0.128. The summed E-state index contributed by atoms with van der Waals surface area (Å²) in [6.07, 6.45) is 0. The average Bonchev–Trinajstić information content (AvgIpc) is 2.62. The van der Waals surface area contributed by atoms with E-state index in [4.69, 9.17) is 16.3 Å². The van der Waals surface area contributed by atoms with E-state index in [1.807, 2.05) is 0 Å². The van der Waals surface area contributed by atoms with E-state index in [-0.39, 0.29) is 18.1 Å². The van der Waals surface area contributed by atoms with Crippen molar-refractivity contribution in [2.75, 3.05) is 28.7 Å². The molecule has 0 fully saturated rings. The summed E-state index contributed by atoms with van der Waals surface area (Å²) in [7, 11) is -3.99. The van der Waals surface area contributed by atoms with Gasteiger partial charge in [-0.15, -0.1) is 0 Å². The van der Waals surface area contributed by atoms with Crippen molar-refractivity contribution >= 4 is 50.4 Å². The number of sulfone groups is 1. The summed E-state index contributed by atoms with van der Waals surface area (Å²) >= 11 is 5.75. The Morgan fingerprint density at radius 2 is 1.82 bits per heavy atom. The second kappa shape index (κ2) is 7.99. The number of Topliss-reactive ketones (excluding diaryl/α,β-unsaturated/α-hetero) is 1. The molecule has 0 radical (unpaired) electrons. The fourth-order valence-corrected chi connectivity index (χ4v) is 3.79. The number of hydrogen-bond donors (Lipinski definition) is 2. The van der Waals surface area contributed by atoms with E-state index in [1.165, 1.54) is 30.3 Å². The lowest BCUT2D eigenvalue weighted by Crippen LogP contribution is -2.28. The first kappa shape index (κ1) is 19.8. The van der Waals surface area contributed by atoms with Gasteiger partial charge in [0.05, 0.1) is 5.69 Å². The van der Waals surface area contributed by atoms with Gasteiger partial charge >= 0.3 is 0 Å². The Hall–Kier alpha value is -2.91. The van der Waals surface area contributed by atoms with Crippen LogP contribution < -0.4 is 15.4 Å². The zero-order valence-electron chi connectivity index (χ0n) is 14.4. The molecule has 0 spiro atoms. The molecule has 1 aliphatic rings. The van der Waals surface area contributed by atoms with E-state index in [9.17, 15) is 22.8 Å². The highest BCUT2D eigenvalue weighted by atomic mass is 35.5. The molecule has 2 aromatic rings. The van der Waals surface area contributed by atoms with Crippen LogP contribution in [0.25, 0.3) is 0 Å². The number of anilines is 2. The van der Waals surface area contributed by atoms with E-state index in [0.717, 1.165) is 0 Å². The van der Waals surface area contributed by atoms with Crippen molar-refractivity contribution in [1.82, 2.24) is 0 Å². The number of halogens is 1. The molecule has 2 amide bonds. The van der Waals surface area contributed by atoms with E-state index < -0.39 is 33.0 Å². The molecule has 1 heterocycles. The van der Waals surface area contributed by atoms with Gasteiger partial charge in [0, 0.05) is 16.3 Å². The molecule has 0 saturated carbocycles. The molecule has 146 valence electrons. The molecule has 0 aliphatic carbocycles. The van der Waals surface area contributed by atoms with Crippen molar-refractivity contribution in [2.45, 2.75) is 0 Å². The fourth-order valence-electron chi connectivity index (χ4n) is 2.52. The first-order chi connectivity index (χ1) is 13.2. The highest BCUT2D eigenvalue weighted by Gasteiger charge is 2.24. The Bertz CT molecular complexity index is 1050. The third-order valence-electron chi connectivity index (χ3n) is 3.76. The second-order valence-electron chi connectivity index (χ2n) is 6.06. The van der Waals surface area contributed by atoms with Crippen molar-refractivity contribution in [3.05, 3.63) is 53.1 Å². The summed E-state index contributed by atoms with van der Waals surface area (Å²) in [4.78, 5) is 35.6. The first-order valence-electron chi connectivity index (χ1n) is 8.07. The van der Waals surface area contributed by atoms with Crippen LogP contribution in [0.3, 0.4) is 0 Å². The van der Waals surface area contributed by atoms with E-state index >= 15 is 0 Å². The lowest BCUT2D eigenvalue weighted by Gasteiger charge is -2.18. The third kappa shape index (κ3) is 5.08. The summed E-state index contributed by atoms with van der Waals surface area (Å²) in [5.41, 5.74) is 0.771. The first-order valence-corrected chi connectivity index (χ1v) is 10.3. The van der Waals surface area contributed by atoms with Gasteiger partial charge in [-0.05, 0) is 42.5 Å². The number of ether oxygens (including phenoxy) is 1. The number of rotatable bonds is 6. The highest BCUT2D eigenvalue weighted by molar-refractivity contribution is 7.92. The Labute approximate surface area is 165 Å². The summed E-state index contributed by atoms with van der Waals surface area (Å²) < 4.78 is 29.6. The van der Waals surface area contributed by atoms with E-state index in [1.54, 1.807) is 12.1 Å². The van der Waals surface area contributed by atoms with Crippen molar-refractivity contribution in [2.24, 2.45) is 0 Å². The quantitative estimate of drug-likeness (QED) is 0.686. The topological polar surface area (TPSA) is 119 Å². The molecule has 0 atom stereocenters. The normalized spacial score (nSPS) is 13.1. The minimum absolute atomic E-state index is 0.0891. The summed E-state index contributed by atoms with van der Waals surface area (Å²) in [6, 6.07) is 10.4. The monoisotopic (exact) mass is 422 g/mol. The summed E-state index contributed by atoms with van der Waals surface area (Å²) in [5.74, 6) is -3.12. The number of ketones is 1. The van der Waals surface area contributed by atoms with Gasteiger partial charge in [-0.2, -0.15) is 0 Å². The van der Waals surface area contributed by atoms with Gasteiger partial charge in [-0.3, -0.25) is 14.4 Å². The van der Waals surface area contributed by atoms with Crippen LogP contribution >= 0.6 is 11.6 Å². The fraction of sp³-hybridized carbons (Fsp3) is 0.167. The van der Waals surface area contributed by atoms with Gasteiger partial charge in [0.2, 0.25) is 5.91 Å². The van der Waals surface area contributed by atoms with Gasteiger partial charge in [0.25, 0.3) is 5.91 Å². The molecule has 0 unspecified atom stereocenters. The molecule has 2 aromatic carbocycles. The maximum Gasteiger partial charge on any atom is 0.262 e. The maximum absolute atomic E-state index is 12.3. The van der Waals surface area contributed by atoms with Gasteiger partial charge in [0.1, 0.15) is 17.3 Å². The maximum atomic E-state index is 12.3. The zero-order chi connectivity index (χ0) is 20.3. The van der Waals surface area contributed by atoms with Crippen LogP contribution in [0, 0.1) is 0 Å². The van der Waals surface area contributed by atoms with Crippen molar-refractivity contribution in [3.63, 3.8) is 0 Å². The number of nitrogens with one attached hydrogen (secondary N) is 2. The number of carbonyl (C=O) groups is 3. The van der Waals surface area contributed by atoms with Crippen molar-refractivity contribution in [1.29, 1.82) is 0 Å². The minimum Gasteiger partial charge on any atom is -0.482 e. The number of carbonyl (C=O) groups excluding carboxylic acids is 3. The molecular weight excluding hydrogens is 408 g/mol. The molecule has 10 heteroatoms. The molecule has 3 rings (SSSR count). The van der Waals surface area contributed by atoms with Gasteiger partial charge in [-0.25, -0.2) is 8.42 Å². The van der Waals surface area contributed by atoms with Gasteiger partial charge < -0.3 is 15.4 Å². The molecule has 0 saturated heterocycles. The zero-order valence-corrected chi connectivity index (χ0v) is 16.0. The van der Waals surface area contributed by atoms with Crippen LogP contribution in [0.4, 0.5) is 11.4 Å². The van der Waals surface area contributed by atoms with Crippen molar-refractivity contribution in [3.8, 4) is 5.75 Å². The number of hydrogen-bond acceptors (Lipinski definition) is 6. The van der Waals surface area contributed by atoms with Crippen LogP contribution in [0.5, 0.6) is 5.75 Å². The average molecular weight is 423 g/mol. The number of amides is 2. The Balaban J connectivity index is 1.64. The highest BCUT2D eigenvalue weighted by Crippen LogP contribution is 2.28. The number of benzene rings is 2. The Kier molecular flexibility index (Phi) is 5.66. The molecule has 28 heavy (non-hydrogen) atoms. The van der Waals surface area contributed by atoms with E-state index in [2.05, 4.69) is 10.6 Å². The molecule has 0 aromatic heterocycles. The number of fused-ring (bicyclic) bond motifs is 1. The predicted octanol–water partition coefficient (Wildman–Crippen LogP) is 1.91. The van der Waals surface area contributed by atoms with Crippen LogP contribution in [-0.2, 0) is 19.4 Å². The van der Waals surface area contributed by atoms with Crippen LogP contribution in [-0.4, -0.2) is 44.1 Å². The Morgan fingerprint density at radius 3 is 2.54 bits per heavy atom. The Morgan fingerprint density at radius 1 is 1.11 bits per heavy atom. The molecule has 2 N–H and O–H groups in total. The largest absolute Gasteiger partial charge is 0.482 e. The lowest BCUT2D eigenvalue weighted by atomic mass is 10.1. The molecule has 1 aliphatic heterocycles. The molecule has 8 nitrogen and oxygen atoms in total. The third-order valence-corrected chi connectivity index (χ3v) is 5.42. The predicted molar refractivity (Wildman–Crippen MR) is 104 cm³/mol. The summed E-state index contributed by atoms with van der Waals surface area (Å²) in [5, 5.41) is 5.45. The standard InChI is InChI=1S/C18H15ClN2O6S/c19-12-2-4-13(5-3-12)20-18(24)10-28(25,26)9-15(22)11-1-6-16-14(7-11)21-17(23)8-27-16/h1-7H,8-10H2,(H,20,24)(H,21,23). The molecular formula is C18H15ClN2O6S. The SMILES string of the molecule is O=C(CS(=O)(=O)CC(=O)c1ccc2c(c1)NC(=O)CO2)Nc1ccc(Cl)cc1. The minimum atomic E-state index is -3.99. The van der Waals surface area contributed by atoms with Crippen molar-refractivity contribution < 1.29 is 27.5 Å². The van der Waals surface area contributed by atoms with E-state index in [0.29, 0.717) is 22.1 Å². The van der Waals surface area contributed by atoms with Gasteiger partial charge in [-0.1, -0.05) is 11.6 Å².